The molecule has 0 radical (unpaired) electrons. The molecule has 1 saturated heterocycles. The van der Waals surface area contributed by atoms with Crippen LogP contribution in [0.5, 0.6) is 0 Å². The molecule has 1 atom stereocenters. The van der Waals surface area contributed by atoms with Crippen molar-refractivity contribution < 1.29 is 4.42 Å². The summed E-state index contributed by atoms with van der Waals surface area (Å²) >= 11 is 0. The standard InChI is InChI=1S/C17H30N4O/c1-17(2,3)20-16(18-4)19-13-14(15-9-8-12-22-15)21-10-6-5-7-11-21/h8-9,12,14H,5-7,10-11,13H2,1-4H3,(H2,18,19,20). The topological polar surface area (TPSA) is 52.8 Å². The van der Waals surface area contributed by atoms with Gasteiger partial charge in [-0.25, -0.2) is 0 Å². The monoisotopic (exact) mass is 306 g/mol. The van der Waals surface area contributed by atoms with Crippen molar-refractivity contribution in [2.75, 3.05) is 26.7 Å². The maximum absolute atomic E-state index is 5.67. The Bertz CT molecular complexity index is 456. The summed E-state index contributed by atoms with van der Waals surface area (Å²) in [6, 6.07) is 4.30. The largest absolute Gasteiger partial charge is 0.468 e. The van der Waals surface area contributed by atoms with Crippen LogP contribution in [0.25, 0.3) is 0 Å². The number of rotatable bonds is 4. The summed E-state index contributed by atoms with van der Waals surface area (Å²) in [5, 5.41) is 6.85. The molecule has 2 rings (SSSR count). The molecule has 0 amide bonds. The van der Waals surface area contributed by atoms with Crippen molar-refractivity contribution >= 4 is 5.96 Å². The lowest BCUT2D eigenvalue weighted by Crippen LogP contribution is -2.50. The maximum Gasteiger partial charge on any atom is 0.191 e. The average Bonchev–Trinajstić information content (AvgIpc) is 3.00. The second kappa shape index (κ2) is 7.68. The highest BCUT2D eigenvalue weighted by Crippen LogP contribution is 2.24. The molecule has 0 aliphatic carbocycles. The molecule has 1 aliphatic rings. The highest BCUT2D eigenvalue weighted by molar-refractivity contribution is 5.80. The van der Waals surface area contributed by atoms with E-state index in [1.54, 1.807) is 6.26 Å². The average molecular weight is 306 g/mol. The summed E-state index contributed by atoms with van der Waals surface area (Å²) in [6.45, 7) is 9.47. The second-order valence-corrected chi connectivity index (χ2v) is 6.96. The van der Waals surface area contributed by atoms with Gasteiger partial charge in [0.1, 0.15) is 5.76 Å². The molecule has 1 aromatic rings. The molecule has 1 unspecified atom stereocenters. The summed E-state index contributed by atoms with van der Waals surface area (Å²) in [6.07, 6.45) is 5.63. The van der Waals surface area contributed by atoms with E-state index in [4.69, 9.17) is 4.42 Å². The van der Waals surface area contributed by atoms with Crippen molar-refractivity contribution in [2.24, 2.45) is 4.99 Å². The van der Waals surface area contributed by atoms with Crippen molar-refractivity contribution in [3.05, 3.63) is 24.2 Å². The van der Waals surface area contributed by atoms with E-state index in [2.05, 4.69) is 47.4 Å². The van der Waals surface area contributed by atoms with Crippen LogP contribution >= 0.6 is 0 Å². The van der Waals surface area contributed by atoms with Crippen LogP contribution in [0.2, 0.25) is 0 Å². The Labute approximate surface area is 134 Å². The molecular weight excluding hydrogens is 276 g/mol. The van der Waals surface area contributed by atoms with Crippen LogP contribution in [-0.4, -0.2) is 43.1 Å². The summed E-state index contributed by atoms with van der Waals surface area (Å²) in [4.78, 5) is 6.83. The molecule has 0 saturated carbocycles. The Hall–Kier alpha value is -1.49. The molecule has 0 aromatic carbocycles. The van der Waals surface area contributed by atoms with E-state index in [0.717, 1.165) is 31.4 Å². The number of furan rings is 1. The van der Waals surface area contributed by atoms with Crippen molar-refractivity contribution in [1.82, 2.24) is 15.5 Å². The molecular formula is C17H30N4O. The van der Waals surface area contributed by atoms with E-state index < -0.39 is 0 Å². The molecule has 2 heterocycles. The first kappa shape index (κ1) is 16.9. The van der Waals surface area contributed by atoms with Crippen LogP contribution in [0.4, 0.5) is 0 Å². The predicted molar refractivity (Wildman–Crippen MR) is 91.1 cm³/mol. The Kier molecular flexibility index (Phi) is 5.89. The summed E-state index contributed by atoms with van der Waals surface area (Å²) in [5.74, 6) is 1.86. The van der Waals surface area contributed by atoms with Gasteiger partial charge in [-0.05, 0) is 58.8 Å². The third-order valence-corrected chi connectivity index (χ3v) is 3.88. The number of piperidine rings is 1. The van der Waals surface area contributed by atoms with Crippen LogP contribution in [0.3, 0.4) is 0 Å². The van der Waals surface area contributed by atoms with Crippen molar-refractivity contribution in [3.63, 3.8) is 0 Å². The third-order valence-electron chi connectivity index (χ3n) is 3.88. The van der Waals surface area contributed by atoms with Gasteiger partial charge in [0.2, 0.25) is 0 Å². The first-order valence-corrected chi connectivity index (χ1v) is 8.26. The number of hydrogen-bond donors (Lipinski definition) is 2. The molecule has 0 spiro atoms. The normalized spacial score (nSPS) is 19.0. The van der Waals surface area contributed by atoms with Gasteiger partial charge in [-0.1, -0.05) is 6.42 Å². The summed E-state index contributed by atoms with van der Waals surface area (Å²) in [5.41, 5.74) is -0.00680. The van der Waals surface area contributed by atoms with E-state index in [9.17, 15) is 0 Å². The van der Waals surface area contributed by atoms with Gasteiger partial charge < -0.3 is 15.1 Å². The molecule has 1 aliphatic heterocycles. The van der Waals surface area contributed by atoms with Crippen LogP contribution in [0.15, 0.2) is 27.8 Å². The Morgan fingerprint density at radius 2 is 2.05 bits per heavy atom. The van der Waals surface area contributed by atoms with Gasteiger partial charge in [-0.3, -0.25) is 9.89 Å². The molecule has 0 bridgehead atoms. The Morgan fingerprint density at radius 1 is 1.32 bits per heavy atom. The molecule has 5 nitrogen and oxygen atoms in total. The fourth-order valence-electron chi connectivity index (χ4n) is 2.85. The highest BCUT2D eigenvalue weighted by atomic mass is 16.3. The van der Waals surface area contributed by atoms with E-state index in [-0.39, 0.29) is 11.6 Å². The van der Waals surface area contributed by atoms with Gasteiger partial charge in [-0.15, -0.1) is 0 Å². The van der Waals surface area contributed by atoms with Gasteiger partial charge in [0.25, 0.3) is 0 Å². The zero-order valence-corrected chi connectivity index (χ0v) is 14.4. The van der Waals surface area contributed by atoms with Crippen molar-refractivity contribution in [1.29, 1.82) is 0 Å². The quantitative estimate of drug-likeness (QED) is 0.663. The van der Waals surface area contributed by atoms with Gasteiger partial charge in [-0.2, -0.15) is 0 Å². The maximum atomic E-state index is 5.67. The molecule has 1 fully saturated rings. The van der Waals surface area contributed by atoms with Crippen LogP contribution in [0, 0.1) is 0 Å². The molecule has 22 heavy (non-hydrogen) atoms. The minimum absolute atomic E-state index is 0.00680. The van der Waals surface area contributed by atoms with Gasteiger partial charge >= 0.3 is 0 Å². The lowest BCUT2D eigenvalue weighted by Gasteiger charge is -2.34. The fraction of sp³-hybridized carbons (Fsp3) is 0.706. The third kappa shape index (κ3) is 5.05. The zero-order chi connectivity index (χ0) is 16.0. The fourth-order valence-corrected chi connectivity index (χ4v) is 2.85. The Morgan fingerprint density at radius 3 is 2.59 bits per heavy atom. The van der Waals surface area contributed by atoms with Gasteiger partial charge in [0.05, 0.1) is 12.3 Å². The second-order valence-electron chi connectivity index (χ2n) is 6.96. The first-order valence-electron chi connectivity index (χ1n) is 8.26. The van der Waals surface area contributed by atoms with E-state index in [0.29, 0.717) is 0 Å². The zero-order valence-electron chi connectivity index (χ0n) is 14.4. The minimum Gasteiger partial charge on any atom is -0.468 e. The molecule has 1 aromatic heterocycles. The number of likely N-dealkylation sites (tertiary alicyclic amines) is 1. The van der Waals surface area contributed by atoms with Crippen molar-refractivity contribution in [2.45, 2.75) is 51.6 Å². The molecule has 2 N–H and O–H groups in total. The number of nitrogens with one attached hydrogen (secondary N) is 2. The number of hydrogen-bond acceptors (Lipinski definition) is 3. The predicted octanol–water partition coefficient (Wildman–Crippen LogP) is 2.77. The number of aliphatic imine (C=N–C) groups is 1. The lowest BCUT2D eigenvalue weighted by atomic mass is 10.1. The highest BCUT2D eigenvalue weighted by Gasteiger charge is 2.25. The Balaban J connectivity index is 2.00. The van der Waals surface area contributed by atoms with Gasteiger partial charge in [0.15, 0.2) is 5.96 Å². The number of nitrogens with zero attached hydrogens (tertiary/aromatic N) is 2. The minimum atomic E-state index is -0.00680. The van der Waals surface area contributed by atoms with Crippen molar-refractivity contribution in [3.8, 4) is 0 Å². The number of guanidine groups is 1. The molecule has 5 heteroatoms. The van der Waals surface area contributed by atoms with E-state index in [1.807, 2.05) is 13.1 Å². The SMILES string of the molecule is CN=C(NCC(c1ccco1)N1CCCCC1)NC(C)(C)C. The summed E-state index contributed by atoms with van der Waals surface area (Å²) in [7, 11) is 1.81. The molecule has 124 valence electrons. The first-order chi connectivity index (χ1) is 10.5. The van der Waals surface area contributed by atoms with Crippen LogP contribution < -0.4 is 10.6 Å². The van der Waals surface area contributed by atoms with Crippen LogP contribution in [-0.2, 0) is 0 Å². The van der Waals surface area contributed by atoms with E-state index >= 15 is 0 Å². The lowest BCUT2D eigenvalue weighted by molar-refractivity contribution is 0.146. The van der Waals surface area contributed by atoms with Crippen LogP contribution in [0.1, 0.15) is 51.8 Å². The van der Waals surface area contributed by atoms with Gasteiger partial charge in [0, 0.05) is 19.1 Å². The van der Waals surface area contributed by atoms with E-state index in [1.165, 1.54) is 19.3 Å². The smallest absolute Gasteiger partial charge is 0.191 e. The summed E-state index contributed by atoms with van der Waals surface area (Å²) < 4.78 is 5.67.